The van der Waals surface area contributed by atoms with Crippen LogP contribution in [0.2, 0.25) is 0 Å². The van der Waals surface area contributed by atoms with E-state index in [1.807, 2.05) is 28.8 Å². The Bertz CT molecular complexity index is 2810. The molecule has 0 radical (unpaired) electrons. The molecule has 6 aromatic carbocycles. The summed E-state index contributed by atoms with van der Waals surface area (Å²) in [5.41, 5.74) is 13.7. The second kappa shape index (κ2) is 10.5. The highest BCUT2D eigenvalue weighted by atomic mass is 15.3. The van der Waals surface area contributed by atoms with Gasteiger partial charge in [-0.2, -0.15) is 5.10 Å². The van der Waals surface area contributed by atoms with Crippen LogP contribution >= 0.6 is 0 Å². The normalized spacial score (nSPS) is 11.8. The van der Waals surface area contributed by atoms with E-state index in [9.17, 15) is 0 Å². The molecule has 0 aliphatic heterocycles. The van der Waals surface area contributed by atoms with Crippen LogP contribution in [0.1, 0.15) is 0 Å². The van der Waals surface area contributed by atoms with Crippen LogP contribution in [0.4, 0.5) is 0 Å². The van der Waals surface area contributed by atoms with Gasteiger partial charge in [0.2, 0.25) is 0 Å². The molecule has 4 heterocycles. The molecular formula is C43H27N5. The first-order chi connectivity index (χ1) is 23.8. The zero-order valence-electron chi connectivity index (χ0n) is 25.8. The molecule has 10 aromatic rings. The Morgan fingerprint density at radius 2 is 1.02 bits per heavy atom. The molecule has 48 heavy (non-hydrogen) atoms. The van der Waals surface area contributed by atoms with Crippen molar-refractivity contribution in [3.05, 3.63) is 164 Å². The molecule has 0 unspecified atom stereocenters. The van der Waals surface area contributed by atoms with E-state index in [1.54, 1.807) is 0 Å². The number of hydrogen-bond donors (Lipinski definition) is 0. The third-order valence-corrected chi connectivity index (χ3v) is 9.33. The van der Waals surface area contributed by atoms with Gasteiger partial charge in [-0.3, -0.25) is 0 Å². The van der Waals surface area contributed by atoms with Crippen molar-refractivity contribution >= 4 is 43.9 Å². The highest BCUT2D eigenvalue weighted by Crippen LogP contribution is 2.34. The molecule has 0 N–H and O–H groups in total. The fourth-order valence-electron chi connectivity index (χ4n) is 6.98. The van der Waals surface area contributed by atoms with Gasteiger partial charge in [-0.05, 0) is 47.5 Å². The van der Waals surface area contributed by atoms with Crippen molar-refractivity contribution in [1.82, 2.24) is 24.0 Å². The average molecular weight is 614 g/mol. The number of nitrogens with zero attached hydrogens (tertiary/aromatic N) is 5. The lowest BCUT2D eigenvalue weighted by atomic mass is 10.0. The third-order valence-electron chi connectivity index (χ3n) is 9.33. The van der Waals surface area contributed by atoms with E-state index in [-0.39, 0.29) is 0 Å². The molecule has 0 aliphatic carbocycles. The standard InChI is InChI=1S/C43H27N5/c1-2-10-30(11-3-1)37-27-40-34-13-5-6-14-35(34)45-43(48(40)46-37)32-24-20-29(21-25-32)28-18-22-31(23-19-28)42-41-26-33-12-4-8-16-38(33)47(41)39-17-9-7-15-36(39)44-42/h1-27H. The zero-order valence-corrected chi connectivity index (χ0v) is 25.8. The van der Waals surface area contributed by atoms with Crippen molar-refractivity contribution in [1.29, 1.82) is 0 Å². The van der Waals surface area contributed by atoms with Crippen molar-refractivity contribution in [2.75, 3.05) is 0 Å². The van der Waals surface area contributed by atoms with Crippen molar-refractivity contribution < 1.29 is 0 Å². The van der Waals surface area contributed by atoms with E-state index < -0.39 is 0 Å². The van der Waals surface area contributed by atoms with Crippen LogP contribution in [0.3, 0.4) is 0 Å². The Kier molecular flexibility index (Phi) is 5.81. The first-order valence-electron chi connectivity index (χ1n) is 16.1. The lowest BCUT2D eigenvalue weighted by Crippen LogP contribution is -1.99. The minimum Gasteiger partial charge on any atom is -0.306 e. The number of aromatic nitrogens is 5. The van der Waals surface area contributed by atoms with Gasteiger partial charge < -0.3 is 4.40 Å². The molecule has 0 atom stereocenters. The average Bonchev–Trinajstić information content (AvgIpc) is 3.78. The van der Waals surface area contributed by atoms with E-state index in [4.69, 9.17) is 15.1 Å². The van der Waals surface area contributed by atoms with Gasteiger partial charge in [0.1, 0.15) is 0 Å². The van der Waals surface area contributed by atoms with E-state index in [0.29, 0.717) is 0 Å². The van der Waals surface area contributed by atoms with Gasteiger partial charge in [-0.1, -0.05) is 127 Å². The predicted octanol–water partition coefficient (Wildman–Crippen LogP) is 10.5. The van der Waals surface area contributed by atoms with Crippen LogP contribution in [-0.2, 0) is 0 Å². The second-order valence-corrected chi connectivity index (χ2v) is 12.2. The summed E-state index contributed by atoms with van der Waals surface area (Å²) in [6.07, 6.45) is 0. The molecule has 0 bridgehead atoms. The lowest BCUT2D eigenvalue weighted by Gasteiger charge is -2.11. The van der Waals surface area contributed by atoms with Crippen molar-refractivity contribution in [2.45, 2.75) is 0 Å². The van der Waals surface area contributed by atoms with E-state index in [0.717, 1.165) is 78.0 Å². The Labute approximate surface area is 276 Å². The first kappa shape index (κ1) is 26.6. The maximum Gasteiger partial charge on any atom is 0.161 e. The highest BCUT2D eigenvalue weighted by molar-refractivity contribution is 5.99. The zero-order chi connectivity index (χ0) is 31.6. The highest BCUT2D eigenvalue weighted by Gasteiger charge is 2.16. The van der Waals surface area contributed by atoms with Crippen LogP contribution in [0.25, 0.3) is 88.9 Å². The summed E-state index contributed by atoms with van der Waals surface area (Å²) in [5, 5.41) is 7.32. The molecule has 0 spiro atoms. The summed E-state index contributed by atoms with van der Waals surface area (Å²) in [5.74, 6) is 0.818. The topological polar surface area (TPSA) is 47.5 Å². The lowest BCUT2D eigenvalue weighted by molar-refractivity contribution is 0.949. The Balaban J connectivity index is 1.04. The summed E-state index contributed by atoms with van der Waals surface area (Å²) in [6.45, 7) is 0. The number of fused-ring (bicyclic) bond motifs is 8. The van der Waals surface area contributed by atoms with Crippen LogP contribution < -0.4 is 0 Å². The van der Waals surface area contributed by atoms with Crippen molar-refractivity contribution in [2.24, 2.45) is 0 Å². The summed E-state index contributed by atoms with van der Waals surface area (Å²) in [7, 11) is 0. The van der Waals surface area contributed by atoms with Crippen LogP contribution in [0.15, 0.2) is 164 Å². The summed E-state index contributed by atoms with van der Waals surface area (Å²) < 4.78 is 4.32. The second-order valence-electron chi connectivity index (χ2n) is 12.2. The van der Waals surface area contributed by atoms with Gasteiger partial charge in [0, 0.05) is 27.5 Å². The molecule has 5 heteroatoms. The Morgan fingerprint density at radius 1 is 0.396 bits per heavy atom. The SMILES string of the molecule is c1ccc(-c2cc3c4ccccc4nc(-c4ccc(-c5ccc(-c6nc7ccccc7n7c6cc6ccccc67)cc5)cc4)n3n2)cc1. The largest absolute Gasteiger partial charge is 0.306 e. The Morgan fingerprint density at radius 3 is 1.81 bits per heavy atom. The fourth-order valence-corrected chi connectivity index (χ4v) is 6.98. The summed E-state index contributed by atoms with van der Waals surface area (Å²) >= 11 is 0. The smallest absolute Gasteiger partial charge is 0.161 e. The van der Waals surface area contributed by atoms with Crippen LogP contribution in [0, 0.1) is 0 Å². The van der Waals surface area contributed by atoms with Crippen molar-refractivity contribution in [3.8, 4) is 45.0 Å². The molecule has 224 valence electrons. The number of hydrogen-bond acceptors (Lipinski definition) is 3. The quantitative estimate of drug-likeness (QED) is 0.198. The number of rotatable bonds is 4. The number of benzene rings is 6. The van der Waals surface area contributed by atoms with Gasteiger partial charge in [0.15, 0.2) is 5.82 Å². The summed E-state index contributed by atoms with van der Waals surface area (Å²) in [6, 6.07) is 57.2. The molecule has 10 rings (SSSR count). The van der Waals surface area contributed by atoms with Crippen molar-refractivity contribution in [3.63, 3.8) is 0 Å². The molecule has 0 saturated heterocycles. The minimum atomic E-state index is 0.818. The molecule has 0 amide bonds. The fraction of sp³-hybridized carbons (Fsp3) is 0. The van der Waals surface area contributed by atoms with E-state index in [1.165, 1.54) is 10.9 Å². The van der Waals surface area contributed by atoms with E-state index in [2.05, 4.69) is 144 Å². The van der Waals surface area contributed by atoms with Gasteiger partial charge in [-0.15, -0.1) is 0 Å². The van der Waals surface area contributed by atoms with Gasteiger partial charge in [0.25, 0.3) is 0 Å². The molecule has 0 aliphatic rings. The summed E-state index contributed by atoms with van der Waals surface area (Å²) in [4.78, 5) is 10.2. The molecule has 0 fully saturated rings. The molecule has 4 aromatic heterocycles. The molecular weight excluding hydrogens is 587 g/mol. The third kappa shape index (κ3) is 4.15. The molecule has 0 saturated carbocycles. The number of para-hydroxylation sites is 4. The van der Waals surface area contributed by atoms with Gasteiger partial charge in [-0.25, -0.2) is 14.5 Å². The van der Waals surface area contributed by atoms with Gasteiger partial charge in [0.05, 0.1) is 44.5 Å². The van der Waals surface area contributed by atoms with Crippen LogP contribution in [-0.4, -0.2) is 24.0 Å². The maximum atomic E-state index is 5.15. The minimum absolute atomic E-state index is 0.818. The predicted molar refractivity (Wildman–Crippen MR) is 196 cm³/mol. The monoisotopic (exact) mass is 613 g/mol. The maximum absolute atomic E-state index is 5.15. The first-order valence-corrected chi connectivity index (χ1v) is 16.1. The Hall–Kier alpha value is -6.59. The van der Waals surface area contributed by atoms with E-state index >= 15 is 0 Å². The van der Waals surface area contributed by atoms with Crippen LogP contribution in [0.5, 0.6) is 0 Å². The molecule has 5 nitrogen and oxygen atoms in total. The van der Waals surface area contributed by atoms with Gasteiger partial charge >= 0.3 is 0 Å².